The highest BCUT2D eigenvalue weighted by molar-refractivity contribution is 5.99. The van der Waals surface area contributed by atoms with E-state index in [1.807, 2.05) is 54.6 Å². The van der Waals surface area contributed by atoms with Crippen LogP contribution in [0.1, 0.15) is 10.4 Å². The Kier molecular flexibility index (Phi) is 2.61. The van der Waals surface area contributed by atoms with Crippen LogP contribution in [0.5, 0.6) is 0 Å². The van der Waals surface area contributed by atoms with Gasteiger partial charge in [0.1, 0.15) is 0 Å². The molecule has 86 valence electrons. The molecule has 1 aromatic rings. The predicted octanol–water partition coefficient (Wildman–Crippen LogP) is 3.67. The lowest BCUT2D eigenvalue weighted by atomic mass is 10.1. The van der Waals surface area contributed by atoms with Crippen molar-refractivity contribution in [3.05, 3.63) is 66.4 Å². The van der Waals surface area contributed by atoms with Gasteiger partial charge in [-0.25, -0.2) is 0 Å². The van der Waals surface area contributed by atoms with Crippen LogP contribution in [-0.2, 0) is 0 Å². The number of aromatic nitrogens is 1. The second kappa shape index (κ2) is 4.41. The van der Waals surface area contributed by atoms with Gasteiger partial charge in [0, 0.05) is 17.3 Å². The zero-order valence-electron chi connectivity index (χ0n) is 9.71. The average molecular weight is 233 g/mol. The maximum atomic E-state index is 11.3. The quantitative estimate of drug-likeness (QED) is 0.632. The molecule has 0 aliphatic heterocycles. The summed E-state index contributed by atoms with van der Waals surface area (Å²) < 4.78 is 0. The summed E-state index contributed by atoms with van der Waals surface area (Å²) >= 11 is 0. The van der Waals surface area contributed by atoms with Gasteiger partial charge in [-0.2, -0.15) is 0 Å². The minimum absolute atomic E-state index is 0.708. The van der Waals surface area contributed by atoms with E-state index in [-0.39, 0.29) is 0 Å². The van der Waals surface area contributed by atoms with Crippen molar-refractivity contribution in [2.24, 2.45) is 0 Å². The molecule has 2 heteroatoms. The van der Waals surface area contributed by atoms with Crippen molar-refractivity contribution in [2.45, 2.75) is 0 Å². The topological polar surface area (TPSA) is 30.0 Å². The molecule has 0 N–H and O–H groups in total. The second-order valence-electron chi connectivity index (χ2n) is 4.08. The van der Waals surface area contributed by atoms with Gasteiger partial charge in [-0.05, 0) is 29.3 Å². The predicted molar refractivity (Wildman–Crippen MR) is 71.7 cm³/mol. The van der Waals surface area contributed by atoms with E-state index in [0.717, 1.165) is 28.7 Å². The van der Waals surface area contributed by atoms with Crippen LogP contribution >= 0.6 is 0 Å². The molecule has 2 aliphatic rings. The fraction of sp³-hybridized carbons (Fsp3) is 0. The molecular formula is C16H11NO. The van der Waals surface area contributed by atoms with Gasteiger partial charge < -0.3 is 0 Å². The van der Waals surface area contributed by atoms with Crippen molar-refractivity contribution >= 4 is 6.29 Å². The Bertz CT molecular complexity index is 661. The normalized spacial score (nSPS) is 10.4. The summed E-state index contributed by atoms with van der Waals surface area (Å²) in [5.74, 6) is 0. The smallest absolute Gasteiger partial charge is 0.151 e. The SMILES string of the molecule is O=Cc1c2cccccc-2cc1-c1ccccn1. The van der Waals surface area contributed by atoms with Crippen molar-refractivity contribution < 1.29 is 4.79 Å². The minimum Gasteiger partial charge on any atom is -0.298 e. The fourth-order valence-electron chi connectivity index (χ4n) is 2.17. The number of carbonyl (C=O) groups excluding carboxylic acids is 1. The molecule has 0 spiro atoms. The largest absolute Gasteiger partial charge is 0.298 e. The molecule has 1 aromatic heterocycles. The van der Waals surface area contributed by atoms with E-state index in [9.17, 15) is 4.79 Å². The van der Waals surface area contributed by atoms with Crippen LogP contribution in [0.25, 0.3) is 22.4 Å². The first-order chi connectivity index (χ1) is 8.90. The number of rotatable bonds is 2. The number of carbonyl (C=O) groups is 1. The Morgan fingerprint density at radius 2 is 1.72 bits per heavy atom. The lowest BCUT2D eigenvalue weighted by Gasteiger charge is -1.98. The third kappa shape index (κ3) is 1.68. The first-order valence-electron chi connectivity index (χ1n) is 5.78. The Balaban J connectivity index is 2.31. The summed E-state index contributed by atoms with van der Waals surface area (Å²) in [7, 11) is 0. The summed E-state index contributed by atoms with van der Waals surface area (Å²) in [5.41, 5.74) is 4.46. The van der Waals surface area contributed by atoms with Gasteiger partial charge >= 0.3 is 0 Å². The molecular weight excluding hydrogens is 222 g/mol. The number of hydrogen-bond acceptors (Lipinski definition) is 2. The van der Waals surface area contributed by atoms with Crippen molar-refractivity contribution in [1.29, 1.82) is 0 Å². The van der Waals surface area contributed by atoms with Gasteiger partial charge in [0.15, 0.2) is 6.29 Å². The molecule has 2 nitrogen and oxygen atoms in total. The molecule has 3 rings (SSSR count). The van der Waals surface area contributed by atoms with Gasteiger partial charge in [-0.15, -0.1) is 0 Å². The van der Waals surface area contributed by atoms with E-state index >= 15 is 0 Å². The van der Waals surface area contributed by atoms with E-state index in [2.05, 4.69) is 4.98 Å². The molecule has 0 radical (unpaired) electrons. The molecule has 0 aromatic carbocycles. The fourth-order valence-corrected chi connectivity index (χ4v) is 2.17. The van der Waals surface area contributed by atoms with Crippen LogP contribution in [0.15, 0.2) is 60.8 Å². The highest BCUT2D eigenvalue weighted by Crippen LogP contribution is 2.35. The highest BCUT2D eigenvalue weighted by Gasteiger charge is 2.15. The summed E-state index contributed by atoms with van der Waals surface area (Å²) in [5, 5.41) is 0. The number of fused-ring (bicyclic) bond motifs is 1. The van der Waals surface area contributed by atoms with Crippen molar-refractivity contribution in [3.63, 3.8) is 0 Å². The van der Waals surface area contributed by atoms with Gasteiger partial charge in [0.25, 0.3) is 0 Å². The summed E-state index contributed by atoms with van der Waals surface area (Å²) in [6.07, 6.45) is 2.65. The van der Waals surface area contributed by atoms with E-state index in [4.69, 9.17) is 0 Å². The van der Waals surface area contributed by atoms with Gasteiger partial charge in [-0.1, -0.05) is 36.4 Å². The van der Waals surface area contributed by atoms with Crippen molar-refractivity contribution in [3.8, 4) is 22.4 Å². The maximum absolute atomic E-state index is 11.3. The summed E-state index contributed by atoms with van der Waals surface area (Å²) in [4.78, 5) is 15.7. The van der Waals surface area contributed by atoms with Gasteiger partial charge in [0.2, 0.25) is 0 Å². The van der Waals surface area contributed by atoms with Gasteiger partial charge in [-0.3, -0.25) is 9.78 Å². The molecule has 0 amide bonds. The number of aldehydes is 1. The summed E-state index contributed by atoms with van der Waals surface area (Å²) in [6, 6.07) is 17.6. The Morgan fingerprint density at radius 3 is 2.50 bits per heavy atom. The van der Waals surface area contributed by atoms with Crippen molar-refractivity contribution in [2.75, 3.05) is 0 Å². The summed E-state index contributed by atoms with van der Waals surface area (Å²) in [6.45, 7) is 0. The third-order valence-corrected chi connectivity index (χ3v) is 3.01. The van der Waals surface area contributed by atoms with E-state index in [0.29, 0.717) is 5.56 Å². The molecule has 0 atom stereocenters. The van der Waals surface area contributed by atoms with Gasteiger partial charge in [0.05, 0.1) is 5.69 Å². The molecule has 1 heterocycles. The number of pyridine rings is 1. The van der Waals surface area contributed by atoms with Crippen LogP contribution in [-0.4, -0.2) is 11.3 Å². The van der Waals surface area contributed by atoms with Crippen LogP contribution in [0.3, 0.4) is 0 Å². The molecule has 0 unspecified atom stereocenters. The van der Waals surface area contributed by atoms with Crippen molar-refractivity contribution in [1.82, 2.24) is 4.98 Å². The lowest BCUT2D eigenvalue weighted by molar-refractivity contribution is 0.112. The molecule has 2 aliphatic carbocycles. The van der Waals surface area contributed by atoms with Crippen LogP contribution in [0.4, 0.5) is 0 Å². The Hall–Kier alpha value is -2.48. The lowest BCUT2D eigenvalue weighted by Crippen LogP contribution is -1.85. The number of nitrogens with zero attached hydrogens (tertiary/aromatic N) is 1. The van der Waals surface area contributed by atoms with Crippen LogP contribution in [0, 0.1) is 0 Å². The zero-order valence-corrected chi connectivity index (χ0v) is 9.71. The molecule has 0 fully saturated rings. The molecule has 0 saturated carbocycles. The maximum Gasteiger partial charge on any atom is 0.151 e. The number of hydrogen-bond donors (Lipinski definition) is 0. The monoisotopic (exact) mass is 233 g/mol. The Labute approximate surface area is 105 Å². The first-order valence-corrected chi connectivity index (χ1v) is 5.78. The second-order valence-corrected chi connectivity index (χ2v) is 4.08. The van der Waals surface area contributed by atoms with E-state index in [1.54, 1.807) is 6.20 Å². The molecule has 18 heavy (non-hydrogen) atoms. The standard InChI is InChI=1S/C16H11NO/c18-11-15-13-7-3-1-2-6-12(13)10-14(15)16-8-4-5-9-17-16/h1-11H. The van der Waals surface area contributed by atoms with Crippen LogP contribution < -0.4 is 0 Å². The van der Waals surface area contributed by atoms with Crippen LogP contribution in [0.2, 0.25) is 0 Å². The Morgan fingerprint density at radius 1 is 0.889 bits per heavy atom. The first kappa shape index (κ1) is 10.7. The third-order valence-electron chi connectivity index (χ3n) is 3.01. The molecule has 0 bridgehead atoms. The molecule has 0 saturated heterocycles. The average Bonchev–Trinajstić information content (AvgIpc) is 2.61. The van der Waals surface area contributed by atoms with E-state index < -0.39 is 0 Å². The van der Waals surface area contributed by atoms with E-state index in [1.165, 1.54) is 0 Å². The minimum atomic E-state index is 0.708. The zero-order chi connectivity index (χ0) is 12.4. The highest BCUT2D eigenvalue weighted by atomic mass is 16.1.